The van der Waals surface area contributed by atoms with Gasteiger partial charge in [-0.2, -0.15) is 0 Å². The summed E-state index contributed by atoms with van der Waals surface area (Å²) in [7, 11) is 0. The fourth-order valence-electron chi connectivity index (χ4n) is 6.26. The summed E-state index contributed by atoms with van der Waals surface area (Å²) in [6.45, 7) is 5.25. The maximum absolute atomic E-state index is 13.4. The fourth-order valence-corrected chi connectivity index (χ4v) is 6.26. The molecule has 0 fully saturated rings. The number of para-hydroxylation sites is 1. The number of nitrogens with one attached hydrogen (secondary N) is 1. The van der Waals surface area contributed by atoms with E-state index in [1.165, 1.54) is 11.1 Å². The Balaban J connectivity index is 1.40. The van der Waals surface area contributed by atoms with Crippen LogP contribution in [-0.2, 0) is 30.7 Å². The number of aliphatic hydroxyl groups is 1. The first-order valence-corrected chi connectivity index (χ1v) is 16.5. The summed E-state index contributed by atoms with van der Waals surface area (Å²) in [6, 6.07) is 46.8. The van der Waals surface area contributed by atoms with E-state index < -0.39 is 6.10 Å². The first-order chi connectivity index (χ1) is 22.9. The third-order valence-corrected chi connectivity index (χ3v) is 8.63. The molecule has 0 unspecified atom stereocenters. The number of aliphatic hydroxyl groups excluding tert-OH is 1. The first kappa shape index (κ1) is 33.6. The second kappa shape index (κ2) is 17.3. The van der Waals surface area contributed by atoms with E-state index in [0.29, 0.717) is 32.4 Å². The van der Waals surface area contributed by atoms with Crippen molar-refractivity contribution in [3.63, 3.8) is 0 Å². The molecule has 5 aromatic rings. The molecular weight excluding hydrogens is 580 g/mol. The Kier molecular flexibility index (Phi) is 12.4. The van der Waals surface area contributed by atoms with E-state index in [2.05, 4.69) is 83.0 Å². The Labute approximate surface area is 279 Å². The smallest absolute Gasteiger partial charge is 0.258 e. The summed E-state index contributed by atoms with van der Waals surface area (Å²) >= 11 is 0. The molecule has 5 rings (SSSR count). The van der Waals surface area contributed by atoms with E-state index in [0.717, 1.165) is 28.0 Å². The predicted molar refractivity (Wildman–Crippen MR) is 190 cm³/mol. The van der Waals surface area contributed by atoms with Crippen molar-refractivity contribution < 1.29 is 14.6 Å². The molecule has 0 aliphatic carbocycles. The lowest BCUT2D eigenvalue weighted by atomic mass is 9.92. The van der Waals surface area contributed by atoms with E-state index >= 15 is 0 Å². The molecule has 3 atom stereocenters. The van der Waals surface area contributed by atoms with Gasteiger partial charge in [0.05, 0.1) is 6.10 Å². The summed E-state index contributed by atoms with van der Waals surface area (Å²) in [5, 5.41) is 15.4. The van der Waals surface area contributed by atoms with E-state index in [1.54, 1.807) is 0 Å². The van der Waals surface area contributed by atoms with Crippen molar-refractivity contribution in [2.24, 2.45) is 0 Å². The van der Waals surface area contributed by atoms with Crippen molar-refractivity contribution >= 4 is 5.91 Å². The normalized spacial score (nSPS) is 13.1. The highest BCUT2D eigenvalue weighted by Crippen LogP contribution is 2.24. The third-order valence-electron chi connectivity index (χ3n) is 8.63. The molecule has 0 aromatic heterocycles. The van der Waals surface area contributed by atoms with E-state index in [-0.39, 0.29) is 24.6 Å². The number of benzene rings is 5. The lowest BCUT2D eigenvalue weighted by molar-refractivity contribution is -0.124. The summed E-state index contributed by atoms with van der Waals surface area (Å²) < 4.78 is 6.00. The molecule has 5 heteroatoms. The van der Waals surface area contributed by atoms with Crippen molar-refractivity contribution in [1.29, 1.82) is 0 Å². The summed E-state index contributed by atoms with van der Waals surface area (Å²) in [5.74, 6) is 0.536. The highest BCUT2D eigenvalue weighted by atomic mass is 16.5. The number of rotatable bonds is 16. The monoisotopic (exact) mass is 626 g/mol. The maximum Gasteiger partial charge on any atom is 0.258 e. The van der Waals surface area contributed by atoms with Gasteiger partial charge in [0.2, 0.25) is 0 Å². The van der Waals surface area contributed by atoms with Crippen molar-refractivity contribution in [1.82, 2.24) is 10.2 Å². The zero-order valence-corrected chi connectivity index (χ0v) is 27.5. The van der Waals surface area contributed by atoms with Gasteiger partial charge < -0.3 is 15.2 Å². The van der Waals surface area contributed by atoms with Crippen LogP contribution in [0, 0.1) is 13.8 Å². The zero-order chi connectivity index (χ0) is 32.8. The van der Waals surface area contributed by atoms with Gasteiger partial charge in [0, 0.05) is 25.2 Å². The summed E-state index contributed by atoms with van der Waals surface area (Å²) in [4.78, 5) is 15.8. The third kappa shape index (κ3) is 10.4. The van der Waals surface area contributed by atoms with Crippen molar-refractivity contribution in [2.75, 3.05) is 6.61 Å². The van der Waals surface area contributed by atoms with Gasteiger partial charge in [-0.1, -0.05) is 140 Å². The molecule has 0 aliphatic rings. The average Bonchev–Trinajstić information content (AvgIpc) is 3.08. The molecule has 5 nitrogen and oxygen atoms in total. The van der Waals surface area contributed by atoms with Crippen LogP contribution in [0.4, 0.5) is 0 Å². The Bertz CT molecular complexity index is 1580. The molecule has 0 aliphatic heterocycles. The number of hydrogen-bond acceptors (Lipinski definition) is 4. The number of ether oxygens (including phenoxy) is 1. The maximum atomic E-state index is 13.4. The van der Waals surface area contributed by atoms with Crippen LogP contribution in [0.15, 0.2) is 140 Å². The molecule has 2 N–H and O–H groups in total. The minimum Gasteiger partial charge on any atom is -0.483 e. The molecule has 0 radical (unpaired) electrons. The number of amides is 1. The van der Waals surface area contributed by atoms with Gasteiger partial charge in [0.25, 0.3) is 5.91 Å². The number of aryl methyl sites for hydroxylation is 2. The number of nitrogens with zero attached hydrogens (tertiary/aromatic N) is 1. The van der Waals surface area contributed by atoms with Crippen LogP contribution < -0.4 is 10.1 Å². The molecule has 5 aromatic carbocycles. The molecule has 0 heterocycles. The topological polar surface area (TPSA) is 61.8 Å². The minimum atomic E-state index is -0.726. The largest absolute Gasteiger partial charge is 0.483 e. The minimum absolute atomic E-state index is 0.0886. The SMILES string of the molecule is Cc1cccc(C)c1OCC(=O)N[C@@H](Cc1ccccc1)C[C@H](O)[C@H](Cc1ccccc1)N(Cc1ccccc1)Cc1ccccc1. The summed E-state index contributed by atoms with van der Waals surface area (Å²) in [6.07, 6.45) is 0.934. The molecule has 1 amide bonds. The van der Waals surface area contributed by atoms with Crippen LogP contribution in [0.25, 0.3) is 0 Å². The van der Waals surface area contributed by atoms with Crippen LogP contribution in [0.3, 0.4) is 0 Å². The molecule has 47 heavy (non-hydrogen) atoms. The highest BCUT2D eigenvalue weighted by Gasteiger charge is 2.30. The Hall–Kier alpha value is -4.71. The van der Waals surface area contributed by atoms with Gasteiger partial charge in [0.15, 0.2) is 6.61 Å². The molecule has 0 bridgehead atoms. The lowest BCUT2D eigenvalue weighted by Gasteiger charge is -2.37. The average molecular weight is 627 g/mol. The number of carbonyl (C=O) groups is 1. The predicted octanol–water partition coefficient (Wildman–Crippen LogP) is 7.47. The van der Waals surface area contributed by atoms with Gasteiger partial charge >= 0.3 is 0 Å². The quantitative estimate of drug-likeness (QED) is 0.119. The van der Waals surface area contributed by atoms with Crippen LogP contribution in [0.1, 0.15) is 39.8 Å². The molecule has 0 spiro atoms. The Morgan fingerprint density at radius 2 is 1.09 bits per heavy atom. The molecule has 0 saturated heterocycles. The van der Waals surface area contributed by atoms with Gasteiger partial charge in [0.1, 0.15) is 5.75 Å². The van der Waals surface area contributed by atoms with Crippen molar-refractivity contribution in [2.45, 2.75) is 64.4 Å². The summed E-state index contributed by atoms with van der Waals surface area (Å²) in [5.41, 5.74) is 6.63. The van der Waals surface area contributed by atoms with Crippen LogP contribution >= 0.6 is 0 Å². The van der Waals surface area contributed by atoms with Crippen LogP contribution in [0.2, 0.25) is 0 Å². The van der Waals surface area contributed by atoms with Gasteiger partial charge in [-0.3, -0.25) is 9.69 Å². The Morgan fingerprint density at radius 1 is 0.638 bits per heavy atom. The molecule has 242 valence electrons. The first-order valence-electron chi connectivity index (χ1n) is 16.5. The van der Waals surface area contributed by atoms with E-state index in [1.807, 2.05) is 80.6 Å². The van der Waals surface area contributed by atoms with Crippen LogP contribution in [-0.4, -0.2) is 40.7 Å². The second-order valence-corrected chi connectivity index (χ2v) is 12.4. The lowest BCUT2D eigenvalue weighted by Crippen LogP contribution is -2.49. The van der Waals surface area contributed by atoms with Crippen LogP contribution in [0.5, 0.6) is 5.75 Å². The fraction of sp³-hybridized carbons (Fsp3) is 0.262. The second-order valence-electron chi connectivity index (χ2n) is 12.4. The zero-order valence-electron chi connectivity index (χ0n) is 27.5. The number of hydrogen-bond donors (Lipinski definition) is 2. The Morgan fingerprint density at radius 3 is 1.57 bits per heavy atom. The van der Waals surface area contributed by atoms with Gasteiger partial charge in [-0.25, -0.2) is 0 Å². The molecule has 0 saturated carbocycles. The standard InChI is InChI=1S/C42H46N2O3/c1-32-16-15-17-33(2)42(32)47-31-41(46)43-38(26-34-18-7-3-8-19-34)28-40(45)39(27-35-20-9-4-10-21-35)44(29-36-22-11-5-12-23-36)30-37-24-13-6-14-25-37/h3-25,38-40,45H,26-31H2,1-2H3,(H,43,46)/t38-,39-,40-/m0/s1. The highest BCUT2D eigenvalue weighted by molar-refractivity contribution is 5.78. The number of carbonyl (C=O) groups excluding carboxylic acids is 1. The van der Waals surface area contributed by atoms with Crippen molar-refractivity contribution in [3.8, 4) is 5.75 Å². The van der Waals surface area contributed by atoms with E-state index in [4.69, 9.17) is 4.74 Å². The van der Waals surface area contributed by atoms with Gasteiger partial charge in [-0.05, 0) is 66.5 Å². The van der Waals surface area contributed by atoms with Gasteiger partial charge in [-0.15, -0.1) is 0 Å². The van der Waals surface area contributed by atoms with E-state index in [9.17, 15) is 9.90 Å². The van der Waals surface area contributed by atoms with Crippen molar-refractivity contribution in [3.05, 3.63) is 173 Å². The molecular formula is C42H46N2O3.